The zero-order chi connectivity index (χ0) is 9.84. The van der Waals surface area contributed by atoms with Gasteiger partial charge in [0.1, 0.15) is 0 Å². The number of hydrogen-bond acceptors (Lipinski definition) is 5. The molecule has 0 aromatic carbocycles. The van der Waals surface area contributed by atoms with E-state index in [-0.39, 0.29) is 0 Å². The van der Waals surface area contributed by atoms with Gasteiger partial charge in [-0.1, -0.05) is 12.0 Å². The minimum atomic E-state index is 0.293. The van der Waals surface area contributed by atoms with Gasteiger partial charge in [-0.3, -0.25) is 0 Å². The summed E-state index contributed by atoms with van der Waals surface area (Å²) < 4.78 is 5.30. The second-order valence-electron chi connectivity index (χ2n) is 3.05. The molecule has 0 bridgehead atoms. The number of anilines is 1. The smallest absolute Gasteiger partial charge is 0.318 e. The largest absolute Gasteiger partial charge is 0.407 e. The first-order valence-electron chi connectivity index (χ1n) is 4.44. The first kappa shape index (κ1) is 9.98. The molecule has 0 spiro atoms. The van der Waals surface area contributed by atoms with Crippen molar-refractivity contribution in [2.75, 3.05) is 11.9 Å². The van der Waals surface area contributed by atoms with E-state index in [9.17, 15) is 0 Å². The predicted octanol–water partition coefficient (Wildman–Crippen LogP) is 0.763. The number of nitrogens with two attached hydrogens (primary N) is 1. The van der Waals surface area contributed by atoms with Crippen LogP contribution in [0.4, 0.5) is 6.01 Å². The minimum Gasteiger partial charge on any atom is -0.407 e. The summed E-state index contributed by atoms with van der Waals surface area (Å²) in [7, 11) is 1.93. The average molecular weight is 184 g/mol. The first-order valence-corrected chi connectivity index (χ1v) is 4.44. The van der Waals surface area contributed by atoms with E-state index in [1.54, 1.807) is 0 Å². The van der Waals surface area contributed by atoms with Crippen LogP contribution in [0.15, 0.2) is 4.42 Å². The average Bonchev–Trinajstić information content (AvgIpc) is 2.63. The molecule has 0 amide bonds. The van der Waals surface area contributed by atoms with Gasteiger partial charge >= 0.3 is 6.01 Å². The molecule has 1 unspecified atom stereocenters. The molecule has 0 aliphatic carbocycles. The van der Waals surface area contributed by atoms with Crippen molar-refractivity contribution in [2.24, 2.45) is 5.73 Å². The molecule has 1 atom stereocenters. The third-order valence-electron chi connectivity index (χ3n) is 2.18. The van der Waals surface area contributed by atoms with Gasteiger partial charge in [-0.25, -0.2) is 0 Å². The molecule has 2 N–H and O–H groups in total. The van der Waals surface area contributed by atoms with Crippen LogP contribution in [0.5, 0.6) is 0 Å². The highest BCUT2D eigenvalue weighted by molar-refractivity contribution is 5.23. The van der Waals surface area contributed by atoms with Gasteiger partial charge < -0.3 is 15.1 Å². The quantitative estimate of drug-likeness (QED) is 0.748. The van der Waals surface area contributed by atoms with Crippen molar-refractivity contribution in [1.82, 2.24) is 10.2 Å². The van der Waals surface area contributed by atoms with Crippen LogP contribution in [-0.2, 0) is 6.54 Å². The second-order valence-corrected chi connectivity index (χ2v) is 3.05. The molecule has 1 aromatic rings. The molecule has 0 fully saturated rings. The molecule has 1 aromatic heterocycles. The molecule has 0 saturated carbocycles. The van der Waals surface area contributed by atoms with Gasteiger partial charge in [0, 0.05) is 13.1 Å². The predicted molar refractivity (Wildman–Crippen MR) is 50.3 cm³/mol. The van der Waals surface area contributed by atoms with Crippen LogP contribution in [0.2, 0.25) is 0 Å². The summed E-state index contributed by atoms with van der Waals surface area (Å²) in [4.78, 5) is 1.95. The molecule has 13 heavy (non-hydrogen) atoms. The van der Waals surface area contributed by atoms with Crippen molar-refractivity contribution in [3.05, 3.63) is 5.89 Å². The molecule has 1 rings (SSSR count). The topological polar surface area (TPSA) is 68.2 Å². The van der Waals surface area contributed by atoms with E-state index >= 15 is 0 Å². The Hall–Kier alpha value is -1.10. The van der Waals surface area contributed by atoms with Gasteiger partial charge in [0.15, 0.2) is 0 Å². The minimum absolute atomic E-state index is 0.293. The zero-order valence-electron chi connectivity index (χ0n) is 8.32. The lowest BCUT2D eigenvalue weighted by molar-refractivity contribution is 0.475. The Morgan fingerprint density at radius 3 is 2.69 bits per heavy atom. The fourth-order valence-electron chi connectivity index (χ4n) is 0.932. The Balaban J connectivity index is 2.70. The summed E-state index contributed by atoms with van der Waals surface area (Å²) >= 11 is 0. The van der Waals surface area contributed by atoms with Crippen LogP contribution >= 0.6 is 0 Å². The van der Waals surface area contributed by atoms with Crippen LogP contribution in [-0.4, -0.2) is 23.3 Å². The molecule has 5 heteroatoms. The lowest BCUT2D eigenvalue weighted by atomic mass is 10.2. The fraction of sp³-hybridized carbons (Fsp3) is 0.750. The van der Waals surface area contributed by atoms with Gasteiger partial charge in [-0.2, -0.15) is 0 Å². The van der Waals surface area contributed by atoms with Crippen molar-refractivity contribution >= 4 is 6.01 Å². The number of hydrogen-bond donors (Lipinski definition) is 1. The molecule has 0 radical (unpaired) electrons. The van der Waals surface area contributed by atoms with Crippen molar-refractivity contribution in [3.8, 4) is 0 Å². The van der Waals surface area contributed by atoms with Crippen LogP contribution in [0, 0.1) is 0 Å². The molecule has 0 aliphatic rings. The highest BCUT2D eigenvalue weighted by Gasteiger charge is 2.13. The number of aromatic nitrogens is 2. The van der Waals surface area contributed by atoms with Gasteiger partial charge in [-0.15, -0.1) is 5.10 Å². The first-order chi connectivity index (χ1) is 6.19. The van der Waals surface area contributed by atoms with Crippen molar-refractivity contribution in [2.45, 2.75) is 32.9 Å². The Labute approximate surface area is 77.9 Å². The van der Waals surface area contributed by atoms with Crippen molar-refractivity contribution in [3.63, 3.8) is 0 Å². The third-order valence-corrected chi connectivity index (χ3v) is 2.18. The van der Waals surface area contributed by atoms with E-state index in [2.05, 4.69) is 24.0 Å². The molecule has 1 heterocycles. The number of nitrogens with zero attached hydrogens (tertiary/aromatic N) is 3. The summed E-state index contributed by atoms with van der Waals surface area (Å²) in [5.74, 6) is 0.477. The highest BCUT2D eigenvalue weighted by atomic mass is 16.4. The van der Waals surface area contributed by atoms with Crippen LogP contribution in [0.25, 0.3) is 0 Å². The maximum atomic E-state index is 5.36. The van der Waals surface area contributed by atoms with Gasteiger partial charge in [-0.05, 0) is 13.3 Å². The maximum Gasteiger partial charge on any atom is 0.318 e. The maximum absolute atomic E-state index is 5.36. The van der Waals surface area contributed by atoms with E-state index in [1.165, 1.54) is 0 Å². The van der Waals surface area contributed by atoms with Gasteiger partial charge in [0.25, 0.3) is 0 Å². The summed E-state index contributed by atoms with van der Waals surface area (Å²) in [5, 5.41) is 7.67. The van der Waals surface area contributed by atoms with Crippen LogP contribution in [0.1, 0.15) is 26.2 Å². The highest BCUT2D eigenvalue weighted by Crippen LogP contribution is 2.13. The fourth-order valence-corrected chi connectivity index (χ4v) is 0.932. The molecule has 0 saturated heterocycles. The molecular formula is C8H16N4O. The third kappa shape index (κ3) is 2.18. The second kappa shape index (κ2) is 4.23. The zero-order valence-corrected chi connectivity index (χ0v) is 8.32. The van der Waals surface area contributed by atoms with E-state index in [0.717, 1.165) is 6.42 Å². The standard InChI is InChI=1S/C8H16N4O/c1-4-6(2)12(3)8-11-10-7(5-9)13-8/h6H,4-5,9H2,1-3H3. The molecule has 0 aliphatic heterocycles. The normalized spacial score (nSPS) is 12.9. The van der Waals surface area contributed by atoms with E-state index in [4.69, 9.17) is 10.2 Å². The molecule has 74 valence electrons. The Morgan fingerprint density at radius 1 is 1.54 bits per heavy atom. The van der Waals surface area contributed by atoms with Crippen LogP contribution in [0.3, 0.4) is 0 Å². The summed E-state index contributed by atoms with van der Waals surface area (Å²) in [5.41, 5.74) is 5.36. The Kier molecular flexibility index (Phi) is 3.25. The van der Waals surface area contributed by atoms with E-state index in [1.807, 2.05) is 11.9 Å². The molecule has 5 nitrogen and oxygen atoms in total. The van der Waals surface area contributed by atoms with E-state index in [0.29, 0.717) is 24.5 Å². The van der Waals surface area contributed by atoms with Crippen molar-refractivity contribution in [1.29, 1.82) is 0 Å². The lowest BCUT2D eigenvalue weighted by Crippen LogP contribution is -2.28. The number of rotatable bonds is 4. The molecular weight excluding hydrogens is 168 g/mol. The summed E-state index contributed by atoms with van der Waals surface area (Å²) in [6, 6.07) is 0.931. The van der Waals surface area contributed by atoms with E-state index < -0.39 is 0 Å². The van der Waals surface area contributed by atoms with Crippen molar-refractivity contribution < 1.29 is 4.42 Å². The van der Waals surface area contributed by atoms with Gasteiger partial charge in [0.05, 0.1) is 6.54 Å². The Morgan fingerprint density at radius 2 is 2.23 bits per heavy atom. The Bertz CT molecular complexity index is 260. The monoisotopic (exact) mass is 184 g/mol. The summed E-state index contributed by atoms with van der Waals surface area (Å²) in [6.07, 6.45) is 1.04. The van der Waals surface area contributed by atoms with Crippen LogP contribution < -0.4 is 10.6 Å². The van der Waals surface area contributed by atoms with Gasteiger partial charge in [0.2, 0.25) is 5.89 Å². The SMILES string of the molecule is CCC(C)N(C)c1nnc(CN)o1. The summed E-state index contributed by atoms with van der Waals surface area (Å²) in [6.45, 7) is 4.51. The lowest BCUT2D eigenvalue weighted by Gasteiger charge is -2.20.